The summed E-state index contributed by atoms with van der Waals surface area (Å²) in [5.41, 5.74) is 6.41. The van der Waals surface area contributed by atoms with Gasteiger partial charge in [-0.1, -0.05) is 46.3 Å². The van der Waals surface area contributed by atoms with Crippen LogP contribution in [0.4, 0.5) is 17.3 Å². The highest BCUT2D eigenvalue weighted by atomic mass is 79.9. The number of benzene rings is 2. The number of carbonyl (C=O) groups excluding carboxylic acids is 1. The van der Waals surface area contributed by atoms with E-state index in [0.29, 0.717) is 18.7 Å². The first-order valence-corrected chi connectivity index (χ1v) is 11.1. The fourth-order valence-corrected chi connectivity index (χ4v) is 3.87. The van der Waals surface area contributed by atoms with Crippen molar-refractivity contribution < 1.29 is 9.72 Å². The van der Waals surface area contributed by atoms with Crippen molar-refractivity contribution in [3.8, 4) is 0 Å². The summed E-state index contributed by atoms with van der Waals surface area (Å²) in [4.78, 5) is 36.1. The molecule has 0 unspecified atom stereocenters. The van der Waals surface area contributed by atoms with Crippen molar-refractivity contribution in [3.05, 3.63) is 86.6 Å². The Morgan fingerprint density at radius 1 is 1.03 bits per heavy atom. The highest BCUT2D eigenvalue weighted by Gasteiger charge is 2.29. The molecular formula is C22H22BrN7O3. The molecule has 1 aromatic heterocycles. The van der Waals surface area contributed by atoms with Gasteiger partial charge in [-0.05, 0) is 29.8 Å². The van der Waals surface area contributed by atoms with Crippen molar-refractivity contribution in [2.45, 2.75) is 6.54 Å². The molecule has 3 aromatic rings. The standard InChI is InChI=1S/C22H22BrN7O3/c23-18-8-6-17(7-9-18)22(31)27-26-20-19(30(32)33)21(25-15-24-20)29-12-10-28(11-13-29)14-16-4-2-1-3-5-16/h1-9,15H,10-14H2,(H,27,31)(H,24,25,26). The molecule has 0 radical (unpaired) electrons. The second-order valence-electron chi connectivity index (χ2n) is 7.49. The molecule has 2 heterocycles. The van der Waals surface area contributed by atoms with Crippen LogP contribution in [0.2, 0.25) is 0 Å². The van der Waals surface area contributed by atoms with E-state index in [1.54, 1.807) is 24.3 Å². The van der Waals surface area contributed by atoms with Crippen LogP contribution < -0.4 is 15.8 Å². The number of anilines is 2. The van der Waals surface area contributed by atoms with Gasteiger partial charge >= 0.3 is 5.69 Å². The lowest BCUT2D eigenvalue weighted by Crippen LogP contribution is -2.46. The van der Waals surface area contributed by atoms with Gasteiger partial charge in [0, 0.05) is 42.8 Å². The molecule has 10 nitrogen and oxygen atoms in total. The molecular weight excluding hydrogens is 490 g/mol. The van der Waals surface area contributed by atoms with E-state index in [2.05, 4.69) is 53.8 Å². The van der Waals surface area contributed by atoms with Gasteiger partial charge in [0.25, 0.3) is 5.91 Å². The Kier molecular flexibility index (Phi) is 7.10. The SMILES string of the molecule is O=C(NNc1ncnc(N2CCN(Cc3ccccc3)CC2)c1[N+](=O)[O-])c1ccc(Br)cc1. The lowest BCUT2D eigenvalue weighted by molar-refractivity contribution is -0.383. The first-order chi connectivity index (χ1) is 16.0. The van der Waals surface area contributed by atoms with Gasteiger partial charge < -0.3 is 4.90 Å². The predicted octanol–water partition coefficient (Wildman–Crippen LogP) is 3.23. The van der Waals surface area contributed by atoms with E-state index in [1.807, 2.05) is 23.1 Å². The Bertz CT molecular complexity index is 1120. The first-order valence-electron chi connectivity index (χ1n) is 10.3. The van der Waals surface area contributed by atoms with Gasteiger partial charge in [0.15, 0.2) is 0 Å². The number of piperazine rings is 1. The molecule has 0 aliphatic carbocycles. The van der Waals surface area contributed by atoms with Crippen molar-refractivity contribution in [3.63, 3.8) is 0 Å². The van der Waals surface area contributed by atoms with Gasteiger partial charge in [-0.2, -0.15) is 0 Å². The summed E-state index contributed by atoms with van der Waals surface area (Å²) in [7, 11) is 0. The van der Waals surface area contributed by atoms with Crippen LogP contribution in [0.5, 0.6) is 0 Å². The zero-order valence-corrected chi connectivity index (χ0v) is 19.2. The van der Waals surface area contributed by atoms with Crippen molar-refractivity contribution in [1.29, 1.82) is 0 Å². The number of nitrogens with zero attached hydrogens (tertiary/aromatic N) is 5. The van der Waals surface area contributed by atoms with Crippen LogP contribution in [0.1, 0.15) is 15.9 Å². The van der Waals surface area contributed by atoms with E-state index < -0.39 is 10.8 Å². The minimum Gasteiger partial charge on any atom is -0.348 e. The van der Waals surface area contributed by atoms with Crippen molar-refractivity contribution in [1.82, 2.24) is 20.3 Å². The van der Waals surface area contributed by atoms with E-state index in [0.717, 1.165) is 24.1 Å². The molecule has 170 valence electrons. The Balaban J connectivity index is 1.43. The smallest absolute Gasteiger partial charge is 0.348 e. The van der Waals surface area contributed by atoms with Gasteiger partial charge in [0.05, 0.1) is 4.92 Å². The van der Waals surface area contributed by atoms with E-state index in [-0.39, 0.29) is 17.3 Å². The zero-order chi connectivity index (χ0) is 23.2. The fraction of sp³-hybridized carbons (Fsp3) is 0.227. The molecule has 11 heteroatoms. The molecule has 0 saturated carbocycles. The highest BCUT2D eigenvalue weighted by molar-refractivity contribution is 9.10. The van der Waals surface area contributed by atoms with Gasteiger partial charge in [0.1, 0.15) is 6.33 Å². The lowest BCUT2D eigenvalue weighted by Gasteiger charge is -2.35. The molecule has 0 atom stereocenters. The summed E-state index contributed by atoms with van der Waals surface area (Å²) < 4.78 is 0.840. The summed E-state index contributed by atoms with van der Waals surface area (Å²) in [5, 5.41) is 11.9. The number of hydrogen-bond acceptors (Lipinski definition) is 8. The molecule has 1 aliphatic rings. The highest BCUT2D eigenvalue weighted by Crippen LogP contribution is 2.32. The maximum atomic E-state index is 12.4. The van der Waals surface area contributed by atoms with E-state index >= 15 is 0 Å². The Morgan fingerprint density at radius 2 is 1.73 bits per heavy atom. The number of nitro groups is 1. The molecule has 4 rings (SSSR count). The zero-order valence-electron chi connectivity index (χ0n) is 17.6. The van der Waals surface area contributed by atoms with Crippen LogP contribution >= 0.6 is 15.9 Å². The van der Waals surface area contributed by atoms with E-state index in [4.69, 9.17) is 0 Å². The van der Waals surface area contributed by atoms with Gasteiger partial charge in [-0.3, -0.25) is 30.7 Å². The third-order valence-corrected chi connectivity index (χ3v) is 5.84. The number of rotatable bonds is 7. The number of hydrazine groups is 1. The number of hydrogen-bond donors (Lipinski definition) is 2. The third-order valence-electron chi connectivity index (χ3n) is 5.31. The molecule has 0 bridgehead atoms. The minimum absolute atomic E-state index is 0.0674. The number of halogens is 1. The van der Waals surface area contributed by atoms with Crippen LogP contribution in [0.3, 0.4) is 0 Å². The predicted molar refractivity (Wildman–Crippen MR) is 128 cm³/mol. The van der Waals surface area contributed by atoms with Crippen molar-refractivity contribution in [2.24, 2.45) is 0 Å². The quantitative estimate of drug-likeness (QED) is 0.366. The van der Waals surface area contributed by atoms with Crippen LogP contribution in [0, 0.1) is 10.1 Å². The maximum absolute atomic E-state index is 12.4. The molecule has 33 heavy (non-hydrogen) atoms. The molecule has 1 fully saturated rings. The summed E-state index contributed by atoms with van der Waals surface area (Å²) in [6.07, 6.45) is 1.26. The molecule has 1 saturated heterocycles. The van der Waals surface area contributed by atoms with Gasteiger partial charge in [-0.25, -0.2) is 9.97 Å². The second kappa shape index (κ2) is 10.4. The molecule has 1 aliphatic heterocycles. The van der Waals surface area contributed by atoms with Crippen molar-refractivity contribution >= 4 is 39.2 Å². The normalized spacial score (nSPS) is 14.0. The topological polar surface area (TPSA) is 117 Å². The van der Waals surface area contributed by atoms with E-state index in [1.165, 1.54) is 11.9 Å². The maximum Gasteiger partial charge on any atom is 0.355 e. The van der Waals surface area contributed by atoms with Crippen LogP contribution in [0.15, 0.2) is 65.4 Å². The first kappa shape index (κ1) is 22.6. The van der Waals surface area contributed by atoms with Gasteiger partial charge in [0.2, 0.25) is 11.6 Å². The van der Waals surface area contributed by atoms with Crippen LogP contribution in [0.25, 0.3) is 0 Å². The summed E-state index contributed by atoms with van der Waals surface area (Å²) in [6, 6.07) is 16.9. The molecule has 0 spiro atoms. The largest absolute Gasteiger partial charge is 0.355 e. The monoisotopic (exact) mass is 511 g/mol. The van der Waals surface area contributed by atoms with Crippen molar-refractivity contribution in [2.75, 3.05) is 36.5 Å². The van der Waals surface area contributed by atoms with E-state index in [9.17, 15) is 14.9 Å². The summed E-state index contributed by atoms with van der Waals surface area (Å²) in [5.74, 6) is -0.275. The Morgan fingerprint density at radius 3 is 2.39 bits per heavy atom. The fourth-order valence-electron chi connectivity index (χ4n) is 3.61. The number of aromatic nitrogens is 2. The number of carbonyl (C=O) groups is 1. The minimum atomic E-state index is -0.528. The van der Waals surface area contributed by atoms with Gasteiger partial charge in [-0.15, -0.1) is 0 Å². The average Bonchev–Trinajstić information content (AvgIpc) is 2.84. The molecule has 2 N–H and O–H groups in total. The Hall–Kier alpha value is -3.57. The Labute approximate surface area is 198 Å². The van der Waals surface area contributed by atoms with Crippen LogP contribution in [-0.2, 0) is 6.54 Å². The summed E-state index contributed by atoms with van der Waals surface area (Å²) in [6.45, 7) is 3.51. The number of nitrogens with one attached hydrogen (secondary N) is 2. The molecule has 1 amide bonds. The third kappa shape index (κ3) is 5.62. The summed E-state index contributed by atoms with van der Waals surface area (Å²) >= 11 is 3.31. The molecule has 2 aromatic carbocycles. The second-order valence-corrected chi connectivity index (χ2v) is 8.40. The lowest BCUT2D eigenvalue weighted by atomic mass is 10.2. The number of amides is 1. The van der Waals surface area contributed by atoms with Crippen LogP contribution in [-0.4, -0.2) is 51.9 Å². The average molecular weight is 512 g/mol.